The van der Waals surface area contributed by atoms with Crippen LogP contribution in [0.3, 0.4) is 0 Å². The first kappa shape index (κ1) is 19.5. The SMILES string of the molecule is Cc1oc2ccc(OCc3ccccc3)cc2c1C(=O)NC1CCS(=O)(=O)CC1. The van der Waals surface area contributed by atoms with Gasteiger partial charge in [0.1, 0.15) is 33.5 Å². The summed E-state index contributed by atoms with van der Waals surface area (Å²) in [5.41, 5.74) is 2.14. The highest BCUT2D eigenvalue weighted by Gasteiger charge is 2.27. The van der Waals surface area contributed by atoms with Crippen LogP contribution in [0.1, 0.15) is 34.5 Å². The Bertz CT molecular complexity index is 1120. The molecule has 0 radical (unpaired) electrons. The van der Waals surface area contributed by atoms with E-state index in [2.05, 4.69) is 5.32 Å². The number of fused-ring (bicyclic) bond motifs is 1. The van der Waals surface area contributed by atoms with Crippen LogP contribution in [0.25, 0.3) is 11.0 Å². The summed E-state index contributed by atoms with van der Waals surface area (Å²) in [6, 6.07) is 15.1. The summed E-state index contributed by atoms with van der Waals surface area (Å²) in [7, 11) is -2.97. The van der Waals surface area contributed by atoms with Crippen LogP contribution < -0.4 is 10.1 Å². The fourth-order valence-corrected chi connectivity index (χ4v) is 5.10. The molecule has 1 N–H and O–H groups in total. The second kappa shape index (κ2) is 7.91. The fraction of sp³-hybridized carbons (Fsp3) is 0.318. The van der Waals surface area contributed by atoms with E-state index < -0.39 is 9.84 Å². The number of ether oxygens (including phenoxy) is 1. The van der Waals surface area contributed by atoms with Gasteiger partial charge >= 0.3 is 0 Å². The number of rotatable bonds is 5. The molecule has 1 saturated heterocycles. The number of aryl methyl sites for hydroxylation is 1. The molecule has 1 aliphatic heterocycles. The highest BCUT2D eigenvalue weighted by molar-refractivity contribution is 7.91. The Morgan fingerprint density at radius 3 is 2.59 bits per heavy atom. The lowest BCUT2D eigenvalue weighted by molar-refractivity contribution is 0.0934. The minimum atomic E-state index is -2.97. The molecule has 0 atom stereocenters. The molecule has 3 aromatic rings. The molecule has 7 heteroatoms. The van der Waals surface area contributed by atoms with Gasteiger partial charge in [0.15, 0.2) is 0 Å². The van der Waals surface area contributed by atoms with Crippen molar-refractivity contribution in [3.05, 3.63) is 65.4 Å². The Balaban J connectivity index is 1.52. The monoisotopic (exact) mass is 413 g/mol. The van der Waals surface area contributed by atoms with E-state index in [1.165, 1.54) is 0 Å². The van der Waals surface area contributed by atoms with E-state index in [-0.39, 0.29) is 23.5 Å². The van der Waals surface area contributed by atoms with Crippen molar-refractivity contribution in [2.75, 3.05) is 11.5 Å². The first-order chi connectivity index (χ1) is 13.9. The van der Waals surface area contributed by atoms with Crippen molar-refractivity contribution in [2.45, 2.75) is 32.4 Å². The molecule has 2 aromatic carbocycles. The number of hydrogen-bond donors (Lipinski definition) is 1. The van der Waals surface area contributed by atoms with Crippen LogP contribution in [0, 0.1) is 6.92 Å². The summed E-state index contributed by atoms with van der Waals surface area (Å²) in [6.45, 7) is 2.19. The molecule has 1 fully saturated rings. The van der Waals surface area contributed by atoms with Crippen LogP contribution in [0.5, 0.6) is 5.75 Å². The first-order valence-electron chi connectivity index (χ1n) is 9.62. The Hall–Kier alpha value is -2.80. The second-order valence-electron chi connectivity index (χ2n) is 7.37. The normalized spacial score (nSPS) is 16.6. The van der Waals surface area contributed by atoms with Crippen molar-refractivity contribution in [1.82, 2.24) is 5.32 Å². The van der Waals surface area contributed by atoms with Crippen molar-refractivity contribution in [1.29, 1.82) is 0 Å². The average Bonchev–Trinajstić information content (AvgIpc) is 3.04. The Labute approximate surface area is 169 Å². The largest absolute Gasteiger partial charge is 0.489 e. The fourth-order valence-electron chi connectivity index (χ4n) is 3.60. The van der Waals surface area contributed by atoms with E-state index in [0.717, 1.165) is 5.56 Å². The first-order valence-corrected chi connectivity index (χ1v) is 11.4. The number of sulfone groups is 1. The molecule has 1 amide bonds. The molecule has 4 rings (SSSR count). The standard InChI is InChI=1S/C22H23NO5S/c1-15-21(22(24)23-17-9-11-29(25,26)12-10-17)19-13-18(7-8-20(19)28-15)27-14-16-5-3-2-4-6-16/h2-8,13,17H,9-12,14H2,1H3,(H,23,24). The zero-order valence-electron chi connectivity index (χ0n) is 16.2. The maximum atomic E-state index is 12.9. The van der Waals surface area contributed by atoms with Gasteiger partial charge in [0.05, 0.1) is 17.1 Å². The van der Waals surface area contributed by atoms with Gasteiger partial charge in [-0.3, -0.25) is 4.79 Å². The molecule has 29 heavy (non-hydrogen) atoms. The second-order valence-corrected chi connectivity index (χ2v) is 9.67. The number of nitrogens with one attached hydrogen (secondary N) is 1. The molecule has 0 spiro atoms. The van der Waals surface area contributed by atoms with Crippen LogP contribution in [-0.4, -0.2) is 31.9 Å². The van der Waals surface area contributed by atoms with Gasteiger partial charge in [-0.1, -0.05) is 30.3 Å². The number of carbonyl (C=O) groups is 1. The van der Waals surface area contributed by atoms with Gasteiger partial charge in [0.25, 0.3) is 5.91 Å². The molecule has 0 saturated carbocycles. The number of carbonyl (C=O) groups excluding carboxylic acids is 1. The average molecular weight is 413 g/mol. The van der Waals surface area contributed by atoms with E-state index >= 15 is 0 Å². The lowest BCUT2D eigenvalue weighted by Crippen LogP contribution is -2.40. The predicted molar refractivity (Wildman–Crippen MR) is 111 cm³/mol. The third-order valence-electron chi connectivity index (χ3n) is 5.20. The van der Waals surface area contributed by atoms with Gasteiger partial charge in [-0.25, -0.2) is 8.42 Å². The zero-order valence-corrected chi connectivity index (χ0v) is 17.0. The highest BCUT2D eigenvalue weighted by atomic mass is 32.2. The van der Waals surface area contributed by atoms with Gasteiger partial charge in [0.2, 0.25) is 0 Å². The summed E-state index contributed by atoms with van der Waals surface area (Å²) >= 11 is 0. The molecule has 6 nitrogen and oxygen atoms in total. The topological polar surface area (TPSA) is 85.6 Å². The highest BCUT2D eigenvalue weighted by Crippen LogP contribution is 2.30. The predicted octanol–water partition coefficient (Wildman–Crippen LogP) is 3.63. The van der Waals surface area contributed by atoms with E-state index in [1.54, 1.807) is 13.0 Å². The summed E-state index contributed by atoms with van der Waals surface area (Å²) in [6.07, 6.45) is 0.878. The molecule has 2 heterocycles. The summed E-state index contributed by atoms with van der Waals surface area (Å²) in [5.74, 6) is 1.16. The molecule has 1 aromatic heterocycles. The quantitative estimate of drug-likeness (QED) is 0.690. The molecular formula is C22H23NO5S. The summed E-state index contributed by atoms with van der Waals surface area (Å²) in [5, 5.41) is 3.65. The molecule has 1 aliphatic rings. The van der Waals surface area contributed by atoms with Crippen molar-refractivity contribution < 1.29 is 22.4 Å². The van der Waals surface area contributed by atoms with E-state index in [0.29, 0.717) is 47.5 Å². The van der Waals surface area contributed by atoms with Crippen LogP contribution in [0.4, 0.5) is 0 Å². The van der Waals surface area contributed by atoms with Gasteiger partial charge in [-0.15, -0.1) is 0 Å². The third kappa shape index (κ3) is 4.45. The van der Waals surface area contributed by atoms with Crippen molar-refractivity contribution in [3.63, 3.8) is 0 Å². The number of hydrogen-bond acceptors (Lipinski definition) is 5. The van der Waals surface area contributed by atoms with Crippen molar-refractivity contribution in [2.24, 2.45) is 0 Å². The lowest BCUT2D eigenvalue weighted by Gasteiger charge is -2.23. The van der Waals surface area contributed by atoms with Gasteiger partial charge in [0, 0.05) is 11.4 Å². The number of amides is 1. The van der Waals surface area contributed by atoms with E-state index in [4.69, 9.17) is 9.15 Å². The molecular weight excluding hydrogens is 390 g/mol. The minimum Gasteiger partial charge on any atom is -0.489 e. The lowest BCUT2D eigenvalue weighted by atomic mass is 10.1. The summed E-state index contributed by atoms with van der Waals surface area (Å²) in [4.78, 5) is 12.9. The van der Waals surface area contributed by atoms with E-state index in [1.807, 2.05) is 42.5 Å². The molecule has 0 unspecified atom stereocenters. The van der Waals surface area contributed by atoms with Gasteiger partial charge < -0.3 is 14.5 Å². The van der Waals surface area contributed by atoms with Crippen molar-refractivity contribution in [3.8, 4) is 5.75 Å². The third-order valence-corrected chi connectivity index (χ3v) is 6.92. The maximum Gasteiger partial charge on any atom is 0.255 e. The van der Waals surface area contributed by atoms with Gasteiger partial charge in [-0.2, -0.15) is 0 Å². The molecule has 0 aliphatic carbocycles. The Kier molecular flexibility index (Phi) is 5.32. The van der Waals surface area contributed by atoms with Crippen molar-refractivity contribution >= 4 is 26.7 Å². The Morgan fingerprint density at radius 2 is 1.86 bits per heavy atom. The number of benzene rings is 2. The van der Waals surface area contributed by atoms with Gasteiger partial charge in [-0.05, 0) is 43.5 Å². The molecule has 152 valence electrons. The Morgan fingerprint density at radius 1 is 1.14 bits per heavy atom. The smallest absolute Gasteiger partial charge is 0.255 e. The maximum absolute atomic E-state index is 12.9. The zero-order chi connectivity index (χ0) is 20.4. The van der Waals surface area contributed by atoms with E-state index in [9.17, 15) is 13.2 Å². The number of furan rings is 1. The molecule has 0 bridgehead atoms. The summed E-state index contributed by atoms with van der Waals surface area (Å²) < 4.78 is 34.8. The van der Waals surface area contributed by atoms with Crippen LogP contribution in [-0.2, 0) is 16.4 Å². The van der Waals surface area contributed by atoms with Crippen LogP contribution >= 0.6 is 0 Å². The van der Waals surface area contributed by atoms with Crippen LogP contribution in [0.2, 0.25) is 0 Å². The minimum absolute atomic E-state index is 0.112. The van der Waals surface area contributed by atoms with Crippen LogP contribution in [0.15, 0.2) is 52.9 Å².